The standard InChI is InChI=1S/C22H27N5O/c1-15-9-6-7-10-19(15)27-16(2)13-18(17(27)3)22(28)23-14-21-25-24-20-11-5-4-8-12-26(20)21/h6-7,9-10,13H,4-5,8,11-12,14H2,1-3H3,(H,23,28). The minimum atomic E-state index is -0.0705. The highest BCUT2D eigenvalue weighted by atomic mass is 16.1. The van der Waals surface area contributed by atoms with Gasteiger partial charge in [0.15, 0.2) is 5.82 Å². The van der Waals surface area contributed by atoms with Crippen molar-refractivity contribution in [1.82, 2.24) is 24.6 Å². The van der Waals surface area contributed by atoms with E-state index >= 15 is 0 Å². The molecule has 2 aromatic heterocycles. The van der Waals surface area contributed by atoms with E-state index in [1.807, 2.05) is 32.0 Å². The molecule has 6 heteroatoms. The molecule has 1 aromatic carbocycles. The van der Waals surface area contributed by atoms with Crippen LogP contribution in [0.1, 0.15) is 58.2 Å². The molecule has 1 amide bonds. The molecule has 28 heavy (non-hydrogen) atoms. The second-order valence-corrected chi connectivity index (χ2v) is 7.58. The lowest BCUT2D eigenvalue weighted by molar-refractivity contribution is 0.0949. The Labute approximate surface area is 165 Å². The molecule has 0 spiro atoms. The molecule has 1 aliphatic heterocycles. The molecule has 0 atom stereocenters. The zero-order valence-electron chi connectivity index (χ0n) is 16.8. The third-order valence-corrected chi connectivity index (χ3v) is 5.63. The highest BCUT2D eigenvalue weighted by molar-refractivity contribution is 5.95. The van der Waals surface area contributed by atoms with Crippen molar-refractivity contribution in [3.8, 4) is 5.69 Å². The Balaban J connectivity index is 1.54. The van der Waals surface area contributed by atoms with E-state index in [9.17, 15) is 4.79 Å². The first-order valence-corrected chi connectivity index (χ1v) is 10.0. The highest BCUT2D eigenvalue weighted by Crippen LogP contribution is 2.23. The van der Waals surface area contributed by atoms with Gasteiger partial charge >= 0.3 is 0 Å². The van der Waals surface area contributed by atoms with Gasteiger partial charge in [0, 0.05) is 30.0 Å². The number of carbonyl (C=O) groups is 1. The molecule has 1 aliphatic rings. The fourth-order valence-corrected chi connectivity index (χ4v) is 4.11. The third kappa shape index (κ3) is 3.35. The highest BCUT2D eigenvalue weighted by Gasteiger charge is 2.19. The molecule has 1 N–H and O–H groups in total. The van der Waals surface area contributed by atoms with Crippen LogP contribution in [0.4, 0.5) is 0 Å². The van der Waals surface area contributed by atoms with E-state index in [-0.39, 0.29) is 5.91 Å². The van der Waals surface area contributed by atoms with Crippen LogP contribution >= 0.6 is 0 Å². The van der Waals surface area contributed by atoms with Gasteiger partial charge in [-0.15, -0.1) is 10.2 Å². The number of aromatic nitrogens is 4. The maximum atomic E-state index is 12.9. The average molecular weight is 377 g/mol. The Morgan fingerprint density at radius 3 is 2.75 bits per heavy atom. The van der Waals surface area contributed by atoms with Gasteiger partial charge in [-0.1, -0.05) is 24.6 Å². The molecule has 0 unspecified atom stereocenters. The van der Waals surface area contributed by atoms with Crippen LogP contribution < -0.4 is 5.32 Å². The number of para-hydroxylation sites is 1. The zero-order valence-corrected chi connectivity index (χ0v) is 16.8. The van der Waals surface area contributed by atoms with Gasteiger partial charge in [-0.25, -0.2) is 0 Å². The number of benzene rings is 1. The molecule has 3 aromatic rings. The first kappa shape index (κ1) is 18.5. The Hall–Kier alpha value is -2.89. The minimum absolute atomic E-state index is 0.0705. The van der Waals surface area contributed by atoms with Crippen LogP contribution in [-0.2, 0) is 19.5 Å². The number of hydrogen-bond donors (Lipinski definition) is 1. The molecule has 0 radical (unpaired) electrons. The summed E-state index contributed by atoms with van der Waals surface area (Å²) in [4.78, 5) is 12.9. The van der Waals surface area contributed by atoms with Gasteiger partial charge in [0.25, 0.3) is 5.91 Å². The Morgan fingerprint density at radius 2 is 1.93 bits per heavy atom. The number of aryl methyl sites for hydroxylation is 3. The number of nitrogens with one attached hydrogen (secondary N) is 1. The topological polar surface area (TPSA) is 64.7 Å². The quantitative estimate of drug-likeness (QED) is 0.755. The minimum Gasteiger partial charge on any atom is -0.345 e. The third-order valence-electron chi connectivity index (χ3n) is 5.63. The van der Waals surface area contributed by atoms with E-state index in [4.69, 9.17) is 0 Å². The van der Waals surface area contributed by atoms with Gasteiger partial charge in [0.2, 0.25) is 0 Å². The summed E-state index contributed by atoms with van der Waals surface area (Å²) >= 11 is 0. The molecule has 0 aliphatic carbocycles. The molecule has 0 bridgehead atoms. The second-order valence-electron chi connectivity index (χ2n) is 7.58. The Morgan fingerprint density at radius 1 is 1.11 bits per heavy atom. The molecular formula is C22H27N5O. The molecular weight excluding hydrogens is 350 g/mol. The van der Waals surface area contributed by atoms with Crippen molar-refractivity contribution in [3.63, 3.8) is 0 Å². The summed E-state index contributed by atoms with van der Waals surface area (Å²) in [5.74, 6) is 1.82. The lowest BCUT2D eigenvalue weighted by Crippen LogP contribution is -2.25. The predicted octanol–water partition coefficient (Wildman–Crippen LogP) is 3.65. The van der Waals surface area contributed by atoms with E-state index in [1.165, 1.54) is 12.0 Å². The van der Waals surface area contributed by atoms with Crippen molar-refractivity contribution in [2.45, 2.75) is 59.5 Å². The fourth-order valence-electron chi connectivity index (χ4n) is 4.11. The summed E-state index contributed by atoms with van der Waals surface area (Å²) in [6.45, 7) is 7.46. The summed E-state index contributed by atoms with van der Waals surface area (Å²) in [7, 11) is 0. The van der Waals surface area contributed by atoms with Crippen LogP contribution in [0.15, 0.2) is 30.3 Å². The summed E-state index contributed by atoms with van der Waals surface area (Å²) in [5, 5.41) is 11.7. The van der Waals surface area contributed by atoms with Gasteiger partial charge in [0.1, 0.15) is 5.82 Å². The normalized spacial score (nSPS) is 13.8. The molecule has 6 nitrogen and oxygen atoms in total. The van der Waals surface area contributed by atoms with Gasteiger partial charge in [0.05, 0.1) is 12.1 Å². The van der Waals surface area contributed by atoms with Gasteiger partial charge in [-0.2, -0.15) is 0 Å². The van der Waals surface area contributed by atoms with Gasteiger partial charge in [-0.3, -0.25) is 4.79 Å². The summed E-state index contributed by atoms with van der Waals surface area (Å²) in [6, 6.07) is 10.2. The van der Waals surface area contributed by atoms with Crippen LogP contribution in [0, 0.1) is 20.8 Å². The number of fused-ring (bicyclic) bond motifs is 1. The first-order chi connectivity index (χ1) is 13.6. The van der Waals surface area contributed by atoms with Crippen LogP contribution in [0.5, 0.6) is 0 Å². The molecule has 146 valence electrons. The van der Waals surface area contributed by atoms with E-state index in [2.05, 4.69) is 43.7 Å². The number of hydrogen-bond acceptors (Lipinski definition) is 3. The number of amides is 1. The summed E-state index contributed by atoms with van der Waals surface area (Å²) < 4.78 is 4.32. The molecule has 0 saturated heterocycles. The summed E-state index contributed by atoms with van der Waals surface area (Å²) in [6.07, 6.45) is 4.50. The molecule has 0 saturated carbocycles. The lowest BCUT2D eigenvalue weighted by Gasteiger charge is -2.13. The zero-order chi connectivity index (χ0) is 19.7. The van der Waals surface area contributed by atoms with Crippen molar-refractivity contribution < 1.29 is 4.79 Å². The van der Waals surface area contributed by atoms with Crippen LogP contribution in [0.25, 0.3) is 5.69 Å². The first-order valence-electron chi connectivity index (χ1n) is 10.0. The largest absolute Gasteiger partial charge is 0.345 e. The lowest BCUT2D eigenvalue weighted by atomic mass is 10.2. The Kier molecular flexibility index (Phi) is 5.03. The number of nitrogens with zero attached hydrogens (tertiary/aromatic N) is 4. The predicted molar refractivity (Wildman–Crippen MR) is 109 cm³/mol. The second kappa shape index (κ2) is 7.62. The van der Waals surface area contributed by atoms with Crippen LogP contribution in [0.3, 0.4) is 0 Å². The maximum Gasteiger partial charge on any atom is 0.253 e. The average Bonchev–Trinajstić information content (AvgIpc) is 3.10. The van der Waals surface area contributed by atoms with Gasteiger partial charge < -0.3 is 14.5 Å². The summed E-state index contributed by atoms with van der Waals surface area (Å²) in [5.41, 5.74) is 5.00. The Bertz CT molecular complexity index is 1010. The molecule has 3 heterocycles. The van der Waals surface area contributed by atoms with Crippen molar-refractivity contribution in [2.75, 3.05) is 0 Å². The SMILES string of the molecule is Cc1ccccc1-n1c(C)cc(C(=O)NCc2nnc3n2CCCCC3)c1C. The molecule has 4 rings (SSSR count). The van der Waals surface area contributed by atoms with Crippen molar-refractivity contribution in [2.24, 2.45) is 0 Å². The molecule has 0 fully saturated rings. The number of carbonyl (C=O) groups excluding carboxylic acids is 1. The van der Waals surface area contributed by atoms with Crippen LogP contribution in [0.2, 0.25) is 0 Å². The van der Waals surface area contributed by atoms with Crippen molar-refractivity contribution in [3.05, 3.63) is 64.5 Å². The van der Waals surface area contributed by atoms with Gasteiger partial charge in [-0.05, 0) is 51.3 Å². The van der Waals surface area contributed by atoms with E-state index < -0.39 is 0 Å². The van der Waals surface area contributed by atoms with E-state index in [1.54, 1.807) is 0 Å². The van der Waals surface area contributed by atoms with Crippen molar-refractivity contribution in [1.29, 1.82) is 0 Å². The monoisotopic (exact) mass is 377 g/mol. The van der Waals surface area contributed by atoms with Crippen LogP contribution in [-0.4, -0.2) is 25.2 Å². The number of rotatable bonds is 4. The maximum absolute atomic E-state index is 12.9. The van der Waals surface area contributed by atoms with Crippen molar-refractivity contribution >= 4 is 5.91 Å². The van der Waals surface area contributed by atoms with E-state index in [0.29, 0.717) is 12.1 Å². The fraction of sp³-hybridized carbons (Fsp3) is 0.409. The van der Waals surface area contributed by atoms with E-state index in [0.717, 1.165) is 54.5 Å². The smallest absolute Gasteiger partial charge is 0.253 e.